The second-order valence-corrected chi connectivity index (χ2v) is 3.93. The van der Waals surface area contributed by atoms with Gasteiger partial charge < -0.3 is 15.9 Å². The van der Waals surface area contributed by atoms with Crippen molar-refractivity contribution < 1.29 is 24.6 Å². The predicted molar refractivity (Wildman–Crippen MR) is 57.9 cm³/mol. The molecule has 0 unspecified atom stereocenters. The van der Waals surface area contributed by atoms with E-state index in [1.165, 1.54) is 0 Å². The van der Waals surface area contributed by atoms with Gasteiger partial charge in [0, 0.05) is 5.92 Å². The summed E-state index contributed by atoms with van der Waals surface area (Å²) in [5.41, 5.74) is 5.16. The van der Waals surface area contributed by atoms with Crippen LogP contribution < -0.4 is 5.73 Å². The summed E-state index contributed by atoms with van der Waals surface area (Å²) >= 11 is 0. The van der Waals surface area contributed by atoms with E-state index in [4.69, 9.17) is 15.9 Å². The fourth-order valence-corrected chi connectivity index (χ4v) is 0.532. The maximum atomic E-state index is 10.2. The molecule has 6 nitrogen and oxygen atoms in total. The summed E-state index contributed by atoms with van der Waals surface area (Å²) in [5.74, 6) is -3.38. The molecule has 0 saturated carbocycles. The molecule has 0 spiro atoms. The number of carboxylic acids is 2. The minimum atomic E-state index is -1.35. The Labute approximate surface area is 94.4 Å². The van der Waals surface area contributed by atoms with E-state index in [1.54, 1.807) is 27.7 Å². The molecule has 0 aromatic rings. The summed E-state index contributed by atoms with van der Waals surface area (Å²) in [5, 5.41) is 16.2. The highest BCUT2D eigenvalue weighted by atomic mass is 16.4. The topological polar surface area (TPSA) is 118 Å². The molecule has 0 aliphatic carbocycles. The van der Waals surface area contributed by atoms with Gasteiger partial charge in [-0.15, -0.1) is 0 Å². The van der Waals surface area contributed by atoms with Crippen molar-refractivity contribution in [3.63, 3.8) is 0 Å². The zero-order chi connectivity index (χ0) is 13.5. The summed E-state index contributed by atoms with van der Waals surface area (Å²) in [6.45, 7) is 6.66. The number of carboxylic acid groups (broad SMARTS) is 2. The van der Waals surface area contributed by atoms with Crippen LogP contribution in [-0.2, 0) is 14.4 Å². The normalized spacial score (nSPS) is 11.7. The number of ketones is 1. The van der Waals surface area contributed by atoms with E-state index >= 15 is 0 Å². The summed E-state index contributed by atoms with van der Waals surface area (Å²) < 4.78 is 0. The smallest absolute Gasteiger partial charge is 0.372 e. The first-order valence-electron chi connectivity index (χ1n) is 4.86. The lowest BCUT2D eigenvalue weighted by Gasteiger charge is -2.07. The first kappa shape index (κ1) is 17.0. The van der Waals surface area contributed by atoms with E-state index < -0.39 is 29.7 Å². The molecule has 94 valence electrons. The quantitative estimate of drug-likeness (QED) is 0.603. The van der Waals surface area contributed by atoms with Crippen LogP contribution in [0.2, 0.25) is 0 Å². The molecule has 6 heteroatoms. The first-order chi connectivity index (χ1) is 7.11. The molecule has 1 atom stereocenters. The monoisotopic (exact) mass is 233 g/mol. The van der Waals surface area contributed by atoms with Crippen LogP contribution in [0.5, 0.6) is 0 Å². The Morgan fingerprint density at radius 2 is 1.38 bits per heavy atom. The number of Topliss-reactive ketones (excluding diaryl/α,β-unsaturated/α-hetero) is 1. The number of carbonyl (C=O) groups excluding carboxylic acids is 1. The molecule has 0 aliphatic heterocycles. The van der Waals surface area contributed by atoms with Crippen molar-refractivity contribution in [1.29, 1.82) is 0 Å². The molecule has 0 heterocycles. The lowest BCUT2D eigenvalue weighted by molar-refractivity contribution is -0.150. The van der Waals surface area contributed by atoms with Gasteiger partial charge in [-0.05, 0) is 5.92 Å². The lowest BCUT2D eigenvalue weighted by atomic mass is 10.1. The number of hydrogen-bond donors (Lipinski definition) is 3. The largest absolute Gasteiger partial charge is 0.480 e. The van der Waals surface area contributed by atoms with Crippen LogP contribution >= 0.6 is 0 Å². The average molecular weight is 233 g/mol. The molecule has 0 amide bonds. The highest BCUT2D eigenvalue weighted by Crippen LogP contribution is 1.96. The average Bonchev–Trinajstić information content (AvgIpc) is 2.15. The molecule has 0 aromatic carbocycles. The van der Waals surface area contributed by atoms with Crippen LogP contribution in [0.25, 0.3) is 0 Å². The Kier molecular flexibility index (Phi) is 8.29. The third kappa shape index (κ3) is 7.93. The van der Waals surface area contributed by atoms with Crippen molar-refractivity contribution >= 4 is 17.7 Å². The number of aliphatic carboxylic acids is 2. The van der Waals surface area contributed by atoms with Crippen molar-refractivity contribution in [2.45, 2.75) is 33.7 Å². The second kappa shape index (κ2) is 7.81. The standard InChI is InChI=1S/C5H11NO2.C5H8O3/c2*1-3(2)4(6)5(7)8/h3-4H,6H2,1-2H3,(H,7,8);3H,1-2H3,(H,7,8)/t4-;/m0./s1. The van der Waals surface area contributed by atoms with Gasteiger partial charge >= 0.3 is 11.9 Å². The SMILES string of the molecule is CC(C)C(=O)C(=O)O.CC(C)[C@H](N)C(=O)O. The summed E-state index contributed by atoms with van der Waals surface area (Å²) in [6.07, 6.45) is 0. The molecule has 0 bridgehead atoms. The third-order valence-corrected chi connectivity index (χ3v) is 1.74. The molecule has 0 aliphatic rings. The predicted octanol–water partition coefficient (Wildman–Crippen LogP) is 0.350. The van der Waals surface area contributed by atoms with Crippen molar-refractivity contribution in [3.8, 4) is 0 Å². The fourth-order valence-electron chi connectivity index (χ4n) is 0.532. The summed E-state index contributed by atoms with van der Waals surface area (Å²) in [6, 6.07) is -0.713. The Morgan fingerprint density at radius 3 is 1.38 bits per heavy atom. The van der Waals surface area contributed by atoms with Gasteiger partial charge in [0.1, 0.15) is 6.04 Å². The maximum absolute atomic E-state index is 10.2. The van der Waals surface area contributed by atoms with E-state index in [0.29, 0.717) is 0 Å². The Bertz CT molecular complexity index is 260. The van der Waals surface area contributed by atoms with E-state index in [2.05, 4.69) is 0 Å². The molecule has 0 rings (SSSR count). The van der Waals surface area contributed by atoms with Crippen molar-refractivity contribution in [1.82, 2.24) is 0 Å². The van der Waals surface area contributed by atoms with Crippen molar-refractivity contribution in [3.05, 3.63) is 0 Å². The van der Waals surface area contributed by atoms with Crippen LogP contribution in [0.4, 0.5) is 0 Å². The lowest BCUT2D eigenvalue weighted by Crippen LogP contribution is -2.34. The minimum absolute atomic E-state index is 0.0208. The first-order valence-corrected chi connectivity index (χ1v) is 4.86. The number of rotatable bonds is 4. The number of hydrogen-bond acceptors (Lipinski definition) is 4. The van der Waals surface area contributed by atoms with Gasteiger partial charge in [-0.2, -0.15) is 0 Å². The second-order valence-electron chi connectivity index (χ2n) is 3.93. The molecular formula is C10H19NO5. The van der Waals surface area contributed by atoms with Crippen LogP contribution in [0.15, 0.2) is 0 Å². The Balaban J connectivity index is 0. The Morgan fingerprint density at radius 1 is 1.00 bits per heavy atom. The van der Waals surface area contributed by atoms with Gasteiger partial charge in [-0.1, -0.05) is 27.7 Å². The third-order valence-electron chi connectivity index (χ3n) is 1.74. The van der Waals surface area contributed by atoms with Crippen LogP contribution in [0.3, 0.4) is 0 Å². The molecule has 0 fully saturated rings. The van der Waals surface area contributed by atoms with Crippen molar-refractivity contribution in [2.75, 3.05) is 0 Å². The van der Waals surface area contributed by atoms with Gasteiger partial charge in [0.05, 0.1) is 0 Å². The van der Waals surface area contributed by atoms with Crippen LogP contribution in [0.1, 0.15) is 27.7 Å². The maximum Gasteiger partial charge on any atom is 0.372 e. The minimum Gasteiger partial charge on any atom is -0.480 e. The Hall–Kier alpha value is -1.43. The van der Waals surface area contributed by atoms with Gasteiger partial charge in [0.15, 0.2) is 0 Å². The molecule has 16 heavy (non-hydrogen) atoms. The fraction of sp³-hybridized carbons (Fsp3) is 0.700. The van der Waals surface area contributed by atoms with Crippen molar-refractivity contribution in [2.24, 2.45) is 17.6 Å². The van der Waals surface area contributed by atoms with E-state index in [-0.39, 0.29) is 5.92 Å². The van der Waals surface area contributed by atoms with Gasteiger partial charge in [-0.25, -0.2) is 4.79 Å². The van der Waals surface area contributed by atoms with Gasteiger partial charge in [0.2, 0.25) is 5.78 Å². The summed E-state index contributed by atoms with van der Waals surface area (Å²) in [7, 11) is 0. The van der Waals surface area contributed by atoms with Crippen LogP contribution in [-0.4, -0.2) is 34.0 Å². The summed E-state index contributed by atoms with van der Waals surface area (Å²) in [4.78, 5) is 30.0. The zero-order valence-corrected chi connectivity index (χ0v) is 9.93. The zero-order valence-electron chi connectivity index (χ0n) is 9.93. The molecule has 0 aromatic heterocycles. The number of nitrogens with two attached hydrogens (primary N) is 1. The molecule has 4 N–H and O–H groups in total. The van der Waals surface area contributed by atoms with Crippen LogP contribution in [0, 0.1) is 11.8 Å². The van der Waals surface area contributed by atoms with E-state index in [0.717, 1.165) is 0 Å². The highest BCUT2D eigenvalue weighted by molar-refractivity contribution is 6.33. The highest BCUT2D eigenvalue weighted by Gasteiger charge is 2.14. The van der Waals surface area contributed by atoms with Gasteiger partial charge in [-0.3, -0.25) is 9.59 Å². The number of carbonyl (C=O) groups is 3. The van der Waals surface area contributed by atoms with Gasteiger partial charge in [0.25, 0.3) is 0 Å². The van der Waals surface area contributed by atoms with E-state index in [1.807, 2.05) is 0 Å². The molecular weight excluding hydrogens is 214 g/mol. The molecule has 0 saturated heterocycles. The molecule has 0 radical (unpaired) electrons. The van der Waals surface area contributed by atoms with E-state index in [9.17, 15) is 14.4 Å².